The van der Waals surface area contributed by atoms with Crippen molar-refractivity contribution in [2.45, 2.75) is 6.92 Å². The van der Waals surface area contributed by atoms with Crippen LogP contribution in [0.5, 0.6) is 17.2 Å². The first-order chi connectivity index (χ1) is 13.0. The van der Waals surface area contributed by atoms with Gasteiger partial charge in [0.2, 0.25) is 5.91 Å². The van der Waals surface area contributed by atoms with Gasteiger partial charge in [-0.25, -0.2) is 5.43 Å². The largest absolute Gasteiger partial charge is 0.496 e. The second-order valence-electron chi connectivity index (χ2n) is 5.41. The highest BCUT2D eigenvalue weighted by molar-refractivity contribution is 5.96. The molecule has 0 saturated heterocycles. The highest BCUT2D eigenvalue weighted by Crippen LogP contribution is 2.33. The van der Waals surface area contributed by atoms with Crippen LogP contribution in [0.2, 0.25) is 0 Å². The second kappa shape index (κ2) is 9.23. The number of benzene rings is 2. The zero-order valence-electron chi connectivity index (χ0n) is 15.5. The zero-order chi connectivity index (χ0) is 19.8. The molecule has 0 aromatic heterocycles. The first-order valence-electron chi connectivity index (χ1n) is 7.99. The fourth-order valence-electron chi connectivity index (χ4n) is 2.29. The van der Waals surface area contributed by atoms with Crippen molar-refractivity contribution in [1.82, 2.24) is 5.43 Å². The molecular formula is C19H21N3O5. The summed E-state index contributed by atoms with van der Waals surface area (Å²) in [4.78, 5) is 23.2. The van der Waals surface area contributed by atoms with Gasteiger partial charge in [0.15, 0.2) is 11.5 Å². The van der Waals surface area contributed by atoms with Gasteiger partial charge in [0.05, 0.1) is 27.5 Å². The van der Waals surface area contributed by atoms with E-state index in [-0.39, 0.29) is 11.8 Å². The van der Waals surface area contributed by atoms with Gasteiger partial charge >= 0.3 is 0 Å². The van der Waals surface area contributed by atoms with Crippen molar-refractivity contribution < 1.29 is 23.8 Å². The van der Waals surface area contributed by atoms with Gasteiger partial charge in [0.1, 0.15) is 5.75 Å². The number of amides is 2. The number of nitrogens with zero attached hydrogens (tertiary/aromatic N) is 1. The normalized spacial score (nSPS) is 10.4. The summed E-state index contributed by atoms with van der Waals surface area (Å²) in [5.41, 5.74) is 4.06. The number of carbonyl (C=O) groups excluding carboxylic acids is 2. The number of hydrazone groups is 1. The summed E-state index contributed by atoms with van der Waals surface area (Å²) < 4.78 is 15.8. The van der Waals surface area contributed by atoms with E-state index in [9.17, 15) is 9.59 Å². The van der Waals surface area contributed by atoms with E-state index in [4.69, 9.17) is 14.2 Å². The Kier molecular flexibility index (Phi) is 6.76. The third-order valence-electron chi connectivity index (χ3n) is 3.57. The molecule has 0 saturated carbocycles. The molecule has 0 heterocycles. The number of anilines is 1. The van der Waals surface area contributed by atoms with E-state index < -0.39 is 0 Å². The van der Waals surface area contributed by atoms with Crippen LogP contribution < -0.4 is 25.0 Å². The van der Waals surface area contributed by atoms with Crippen LogP contribution in [0.25, 0.3) is 0 Å². The molecule has 0 aliphatic carbocycles. The van der Waals surface area contributed by atoms with Crippen LogP contribution in [-0.2, 0) is 4.79 Å². The monoisotopic (exact) mass is 371 g/mol. The first-order valence-corrected chi connectivity index (χ1v) is 7.99. The highest BCUT2D eigenvalue weighted by Gasteiger charge is 2.11. The first kappa shape index (κ1) is 19.8. The molecule has 0 aliphatic heterocycles. The second-order valence-corrected chi connectivity index (χ2v) is 5.41. The van der Waals surface area contributed by atoms with Crippen molar-refractivity contribution in [3.63, 3.8) is 0 Å². The number of hydrogen-bond donors (Lipinski definition) is 2. The zero-order valence-corrected chi connectivity index (χ0v) is 15.5. The lowest BCUT2D eigenvalue weighted by Crippen LogP contribution is -2.17. The molecule has 0 aliphatic rings. The third kappa shape index (κ3) is 5.21. The van der Waals surface area contributed by atoms with E-state index in [1.54, 1.807) is 36.4 Å². The fourth-order valence-corrected chi connectivity index (χ4v) is 2.29. The quantitative estimate of drug-likeness (QED) is 0.575. The van der Waals surface area contributed by atoms with Crippen molar-refractivity contribution >= 4 is 23.7 Å². The molecule has 0 unspecified atom stereocenters. The SMILES string of the molecule is COc1cc(OC)c(OC)cc1C=NNC(=O)c1ccc(NC(C)=O)cc1. The lowest BCUT2D eigenvalue weighted by Gasteiger charge is -2.11. The molecule has 2 amide bonds. The summed E-state index contributed by atoms with van der Waals surface area (Å²) in [7, 11) is 4.58. The van der Waals surface area contributed by atoms with Gasteiger partial charge < -0.3 is 19.5 Å². The number of hydrogen-bond acceptors (Lipinski definition) is 6. The van der Waals surface area contributed by atoms with E-state index in [2.05, 4.69) is 15.8 Å². The fraction of sp³-hybridized carbons (Fsp3) is 0.211. The van der Waals surface area contributed by atoms with Crippen molar-refractivity contribution in [3.05, 3.63) is 47.5 Å². The molecule has 0 spiro atoms. The highest BCUT2D eigenvalue weighted by atomic mass is 16.5. The van der Waals surface area contributed by atoms with E-state index >= 15 is 0 Å². The van der Waals surface area contributed by atoms with Gasteiger partial charge in [-0.05, 0) is 30.3 Å². The van der Waals surface area contributed by atoms with Crippen molar-refractivity contribution in [2.75, 3.05) is 26.6 Å². The smallest absolute Gasteiger partial charge is 0.271 e. The van der Waals surface area contributed by atoms with Gasteiger partial charge in [-0.15, -0.1) is 0 Å². The third-order valence-corrected chi connectivity index (χ3v) is 3.57. The molecule has 27 heavy (non-hydrogen) atoms. The Morgan fingerprint density at radius 2 is 1.52 bits per heavy atom. The maximum Gasteiger partial charge on any atom is 0.271 e. The minimum atomic E-state index is -0.389. The molecule has 0 bridgehead atoms. The van der Waals surface area contributed by atoms with Gasteiger partial charge in [0, 0.05) is 29.8 Å². The van der Waals surface area contributed by atoms with Gasteiger partial charge in [-0.2, -0.15) is 5.10 Å². The summed E-state index contributed by atoms with van der Waals surface area (Å²) in [6.45, 7) is 1.41. The molecular weight excluding hydrogens is 350 g/mol. The summed E-state index contributed by atoms with van der Waals surface area (Å²) in [6, 6.07) is 9.81. The van der Waals surface area contributed by atoms with Crippen LogP contribution in [0, 0.1) is 0 Å². The van der Waals surface area contributed by atoms with Crippen LogP contribution in [0.15, 0.2) is 41.5 Å². The number of methoxy groups -OCH3 is 3. The number of carbonyl (C=O) groups is 2. The van der Waals surface area contributed by atoms with Crippen molar-refractivity contribution in [1.29, 1.82) is 0 Å². The van der Waals surface area contributed by atoms with Crippen LogP contribution in [0.1, 0.15) is 22.8 Å². The molecule has 2 aromatic rings. The molecule has 2 aromatic carbocycles. The molecule has 8 heteroatoms. The Morgan fingerprint density at radius 1 is 0.926 bits per heavy atom. The summed E-state index contributed by atoms with van der Waals surface area (Å²) in [5.74, 6) is 0.987. The molecule has 8 nitrogen and oxygen atoms in total. The minimum Gasteiger partial charge on any atom is -0.496 e. The van der Waals surface area contributed by atoms with Gasteiger partial charge in [-0.1, -0.05) is 0 Å². The summed E-state index contributed by atoms with van der Waals surface area (Å²) in [5, 5.41) is 6.59. The van der Waals surface area contributed by atoms with Crippen molar-refractivity contribution in [3.8, 4) is 17.2 Å². The summed E-state index contributed by atoms with van der Waals surface area (Å²) in [6.07, 6.45) is 1.45. The molecule has 0 atom stereocenters. The van der Waals surface area contributed by atoms with Crippen LogP contribution in [0.4, 0.5) is 5.69 Å². The van der Waals surface area contributed by atoms with Gasteiger partial charge in [-0.3, -0.25) is 9.59 Å². The average molecular weight is 371 g/mol. The number of rotatable bonds is 7. The van der Waals surface area contributed by atoms with E-state index in [1.165, 1.54) is 34.5 Å². The minimum absolute atomic E-state index is 0.180. The topological polar surface area (TPSA) is 98.2 Å². The lowest BCUT2D eigenvalue weighted by atomic mass is 10.2. The number of ether oxygens (including phenoxy) is 3. The maximum atomic E-state index is 12.2. The Balaban J connectivity index is 2.10. The van der Waals surface area contributed by atoms with E-state index in [0.717, 1.165) is 0 Å². The molecule has 2 N–H and O–H groups in total. The van der Waals surface area contributed by atoms with Crippen LogP contribution in [-0.4, -0.2) is 39.4 Å². The number of nitrogens with one attached hydrogen (secondary N) is 2. The predicted octanol–water partition coefficient (Wildman–Crippen LogP) is 2.43. The molecule has 2 rings (SSSR count). The van der Waals surface area contributed by atoms with Crippen LogP contribution >= 0.6 is 0 Å². The standard InChI is InChI=1S/C19H21N3O5/c1-12(23)21-15-7-5-13(6-8-15)19(24)22-20-11-14-9-17(26-3)18(27-4)10-16(14)25-2/h5-11H,1-4H3,(H,21,23)(H,22,24). The Labute approximate surface area is 157 Å². The molecule has 0 fully saturated rings. The van der Waals surface area contributed by atoms with E-state index in [1.807, 2.05) is 0 Å². The summed E-state index contributed by atoms with van der Waals surface area (Å²) >= 11 is 0. The maximum absolute atomic E-state index is 12.2. The van der Waals surface area contributed by atoms with Gasteiger partial charge in [0.25, 0.3) is 5.91 Å². The molecule has 142 valence electrons. The average Bonchev–Trinajstić information content (AvgIpc) is 2.67. The van der Waals surface area contributed by atoms with E-state index in [0.29, 0.717) is 34.1 Å². The van der Waals surface area contributed by atoms with Crippen LogP contribution in [0.3, 0.4) is 0 Å². The molecule has 0 radical (unpaired) electrons. The Bertz CT molecular complexity index is 847. The van der Waals surface area contributed by atoms with Crippen molar-refractivity contribution in [2.24, 2.45) is 5.10 Å². The lowest BCUT2D eigenvalue weighted by molar-refractivity contribution is -0.114. The Hall–Kier alpha value is -3.55. The Morgan fingerprint density at radius 3 is 2.07 bits per heavy atom. The predicted molar refractivity (Wildman–Crippen MR) is 102 cm³/mol.